The summed E-state index contributed by atoms with van der Waals surface area (Å²) in [5.41, 5.74) is 2.55. The topological polar surface area (TPSA) is 97.5 Å². The number of aromatic nitrogens is 5. The van der Waals surface area contributed by atoms with Gasteiger partial charge in [0.15, 0.2) is 5.65 Å². The minimum Gasteiger partial charge on any atom is -0.444 e. The first-order valence-corrected chi connectivity index (χ1v) is 11.9. The summed E-state index contributed by atoms with van der Waals surface area (Å²) in [4.78, 5) is 24.0. The number of carbonyl (C=O) groups excluding carboxylic acids is 1. The summed E-state index contributed by atoms with van der Waals surface area (Å²) in [6, 6.07) is 1.95. The third-order valence-corrected chi connectivity index (χ3v) is 7.15. The molecule has 3 aromatic heterocycles. The van der Waals surface area contributed by atoms with Crippen molar-refractivity contribution in [3.63, 3.8) is 0 Å². The SMILES string of the molecule is CC(C)(C)OC(=O)N[C@@H]1c2cnccc2CC12CCN(c1ncc(I)c3nncn13)CC2. The van der Waals surface area contributed by atoms with Crippen LogP contribution in [0.5, 0.6) is 0 Å². The molecule has 5 rings (SSSR count). The number of carbonyl (C=O) groups is 1. The summed E-state index contributed by atoms with van der Waals surface area (Å²) in [6.07, 6.45) is 9.64. The number of nitrogens with zero attached hydrogens (tertiary/aromatic N) is 6. The summed E-state index contributed by atoms with van der Waals surface area (Å²) in [7, 11) is 0. The molecule has 0 saturated carbocycles. The average Bonchev–Trinajstić information content (AvgIpc) is 3.33. The molecule has 1 atom stereocenters. The van der Waals surface area contributed by atoms with Crippen LogP contribution in [0.15, 0.2) is 31.0 Å². The maximum absolute atomic E-state index is 12.7. The monoisotopic (exact) mass is 547 g/mol. The van der Waals surface area contributed by atoms with Gasteiger partial charge in [-0.2, -0.15) is 0 Å². The zero-order valence-electron chi connectivity index (χ0n) is 18.4. The van der Waals surface area contributed by atoms with Gasteiger partial charge in [0, 0.05) is 37.1 Å². The van der Waals surface area contributed by atoms with E-state index in [0.717, 1.165) is 53.1 Å². The van der Waals surface area contributed by atoms with Crippen LogP contribution in [0.1, 0.15) is 50.8 Å². The first kappa shape index (κ1) is 21.4. The maximum Gasteiger partial charge on any atom is 0.408 e. The number of alkyl carbamates (subject to hydrolysis) is 1. The highest BCUT2D eigenvalue weighted by molar-refractivity contribution is 14.1. The number of pyridine rings is 1. The van der Waals surface area contributed by atoms with Gasteiger partial charge in [-0.3, -0.25) is 9.38 Å². The van der Waals surface area contributed by atoms with Gasteiger partial charge in [0.1, 0.15) is 11.9 Å². The van der Waals surface area contributed by atoms with Gasteiger partial charge in [-0.25, -0.2) is 9.78 Å². The number of amides is 1. The van der Waals surface area contributed by atoms with E-state index in [0.29, 0.717) is 0 Å². The van der Waals surface area contributed by atoms with Crippen LogP contribution in [0.3, 0.4) is 0 Å². The Kier molecular flexibility index (Phi) is 5.22. The molecule has 0 aromatic carbocycles. The number of hydrogen-bond acceptors (Lipinski definition) is 7. The zero-order chi connectivity index (χ0) is 22.5. The summed E-state index contributed by atoms with van der Waals surface area (Å²) in [5, 5.41) is 11.5. The van der Waals surface area contributed by atoms with Gasteiger partial charge in [-0.05, 0) is 79.8 Å². The van der Waals surface area contributed by atoms with Crippen molar-refractivity contribution in [2.24, 2.45) is 5.41 Å². The molecule has 1 aliphatic carbocycles. The largest absolute Gasteiger partial charge is 0.444 e. The number of nitrogens with one attached hydrogen (secondary N) is 1. The number of ether oxygens (including phenoxy) is 1. The maximum atomic E-state index is 12.7. The second-order valence-corrected chi connectivity index (χ2v) is 10.8. The Morgan fingerprint density at radius 3 is 2.81 bits per heavy atom. The minimum atomic E-state index is -0.544. The Hall–Kier alpha value is -2.50. The lowest BCUT2D eigenvalue weighted by molar-refractivity contribution is 0.0427. The van der Waals surface area contributed by atoms with Crippen LogP contribution in [0.2, 0.25) is 0 Å². The number of rotatable bonds is 2. The van der Waals surface area contributed by atoms with Crippen molar-refractivity contribution in [3.05, 3.63) is 45.7 Å². The predicted octanol–water partition coefficient (Wildman–Crippen LogP) is 3.53. The Balaban J connectivity index is 1.40. The summed E-state index contributed by atoms with van der Waals surface area (Å²) in [5.74, 6) is 0.856. The second-order valence-electron chi connectivity index (χ2n) is 9.61. The summed E-state index contributed by atoms with van der Waals surface area (Å²) >= 11 is 2.23. The van der Waals surface area contributed by atoms with Crippen molar-refractivity contribution in [1.29, 1.82) is 0 Å². The highest BCUT2D eigenvalue weighted by Crippen LogP contribution is 2.52. The lowest BCUT2D eigenvalue weighted by Crippen LogP contribution is -2.48. The number of halogens is 1. The summed E-state index contributed by atoms with van der Waals surface area (Å²) in [6.45, 7) is 7.30. The Bertz CT molecular complexity index is 1160. The average molecular weight is 547 g/mol. The highest BCUT2D eigenvalue weighted by Gasteiger charge is 2.49. The van der Waals surface area contributed by atoms with E-state index in [1.54, 1.807) is 6.33 Å². The van der Waals surface area contributed by atoms with Crippen LogP contribution in [-0.4, -0.2) is 49.3 Å². The fraction of sp³-hybridized carbons (Fsp3) is 0.500. The van der Waals surface area contributed by atoms with Gasteiger partial charge < -0.3 is 15.0 Å². The first-order chi connectivity index (χ1) is 15.3. The molecule has 10 heteroatoms. The van der Waals surface area contributed by atoms with E-state index in [4.69, 9.17) is 4.74 Å². The van der Waals surface area contributed by atoms with E-state index < -0.39 is 5.60 Å². The standard InChI is InChI=1S/C22H26IN7O2/c1-21(2,3)32-20(31)27-17-15-11-24-7-4-14(15)10-22(17)5-8-29(9-6-22)19-25-12-16(23)18-28-26-13-30(18)19/h4,7,11-13,17H,5-6,8-10H2,1-3H3,(H,27,31)/t17-/m1/s1. The van der Waals surface area contributed by atoms with Crippen molar-refractivity contribution in [1.82, 2.24) is 29.9 Å². The Labute approximate surface area is 200 Å². The van der Waals surface area contributed by atoms with Crippen molar-refractivity contribution in [3.8, 4) is 0 Å². The normalized spacial score (nSPS) is 19.9. The quantitative estimate of drug-likeness (QED) is 0.491. The lowest BCUT2D eigenvalue weighted by atomic mass is 9.73. The van der Waals surface area contributed by atoms with Gasteiger partial charge in [0.2, 0.25) is 5.95 Å². The van der Waals surface area contributed by atoms with Crippen molar-refractivity contribution in [2.45, 2.75) is 51.7 Å². The van der Waals surface area contributed by atoms with Crippen molar-refractivity contribution in [2.75, 3.05) is 18.0 Å². The minimum absolute atomic E-state index is 0.0751. The number of hydrogen-bond donors (Lipinski definition) is 1. The molecule has 1 fully saturated rings. The van der Waals surface area contributed by atoms with Gasteiger partial charge in [0.05, 0.1) is 9.61 Å². The van der Waals surface area contributed by atoms with E-state index in [9.17, 15) is 4.79 Å². The van der Waals surface area contributed by atoms with Crippen LogP contribution < -0.4 is 10.2 Å². The smallest absolute Gasteiger partial charge is 0.408 e. The van der Waals surface area contributed by atoms with Gasteiger partial charge in [-0.1, -0.05) is 0 Å². The molecular formula is C22H26IN7O2. The molecule has 1 amide bonds. The highest BCUT2D eigenvalue weighted by atomic mass is 127. The van der Waals surface area contributed by atoms with Gasteiger partial charge in [-0.15, -0.1) is 10.2 Å². The third kappa shape index (κ3) is 3.78. The molecule has 9 nitrogen and oxygen atoms in total. The molecule has 0 unspecified atom stereocenters. The fourth-order valence-electron chi connectivity index (χ4n) is 4.95. The Morgan fingerprint density at radius 2 is 2.06 bits per heavy atom. The number of fused-ring (bicyclic) bond motifs is 2. The molecule has 32 heavy (non-hydrogen) atoms. The van der Waals surface area contributed by atoms with E-state index in [1.165, 1.54) is 5.56 Å². The number of piperidine rings is 1. The van der Waals surface area contributed by atoms with Crippen molar-refractivity contribution >= 4 is 40.3 Å². The number of anilines is 1. The van der Waals surface area contributed by atoms with E-state index in [1.807, 2.05) is 43.8 Å². The zero-order valence-corrected chi connectivity index (χ0v) is 20.5. The van der Waals surface area contributed by atoms with Gasteiger partial charge >= 0.3 is 6.09 Å². The molecule has 0 bridgehead atoms. The molecule has 2 aliphatic rings. The van der Waals surface area contributed by atoms with Crippen molar-refractivity contribution < 1.29 is 9.53 Å². The molecule has 4 heterocycles. The molecule has 0 radical (unpaired) electrons. The van der Waals surface area contributed by atoms with Crippen LogP contribution in [-0.2, 0) is 11.2 Å². The Morgan fingerprint density at radius 1 is 1.28 bits per heavy atom. The van der Waals surface area contributed by atoms with E-state index in [2.05, 4.69) is 59.0 Å². The van der Waals surface area contributed by atoms with Crippen LogP contribution in [0, 0.1) is 8.99 Å². The lowest BCUT2D eigenvalue weighted by Gasteiger charge is -2.43. The molecule has 168 valence electrons. The van der Waals surface area contributed by atoms with Crippen LogP contribution in [0.4, 0.5) is 10.7 Å². The van der Waals surface area contributed by atoms with Gasteiger partial charge in [0.25, 0.3) is 0 Å². The van der Waals surface area contributed by atoms with E-state index >= 15 is 0 Å². The molecule has 1 N–H and O–H groups in total. The second kappa shape index (κ2) is 7.82. The molecule has 1 spiro atoms. The molecule has 3 aromatic rings. The van der Waals surface area contributed by atoms with Crippen LogP contribution in [0.25, 0.3) is 5.65 Å². The third-order valence-electron chi connectivity index (χ3n) is 6.39. The summed E-state index contributed by atoms with van der Waals surface area (Å²) < 4.78 is 8.50. The van der Waals surface area contributed by atoms with E-state index in [-0.39, 0.29) is 17.6 Å². The molecule has 1 saturated heterocycles. The first-order valence-electron chi connectivity index (χ1n) is 10.8. The predicted molar refractivity (Wildman–Crippen MR) is 127 cm³/mol. The molecule has 1 aliphatic heterocycles. The fourth-order valence-corrected chi connectivity index (χ4v) is 5.46. The van der Waals surface area contributed by atoms with Crippen LogP contribution >= 0.6 is 22.6 Å². The molecular weight excluding hydrogens is 521 g/mol.